The highest BCUT2D eigenvalue weighted by Crippen LogP contribution is 2.37. The molecular weight excluding hydrogens is 358 g/mol. The summed E-state index contributed by atoms with van der Waals surface area (Å²) in [5.74, 6) is 1.12. The molecule has 0 aromatic heterocycles. The Bertz CT molecular complexity index is 788. The Morgan fingerprint density at radius 1 is 1.09 bits per heavy atom. The van der Waals surface area contributed by atoms with Gasteiger partial charge in [-0.25, -0.2) is 0 Å². The Kier molecular flexibility index (Phi) is 3.73. The van der Waals surface area contributed by atoms with E-state index in [1.165, 1.54) is 24.0 Å². The Labute approximate surface area is 142 Å². The molecule has 118 valence electrons. The third-order valence-corrected chi connectivity index (χ3v) is 5.01. The molecule has 0 atom stereocenters. The maximum atomic E-state index is 12.7. The van der Waals surface area contributed by atoms with Crippen LogP contribution in [0, 0.1) is 0 Å². The van der Waals surface area contributed by atoms with Crippen molar-refractivity contribution in [3.05, 3.63) is 51.5 Å². The van der Waals surface area contributed by atoms with Crippen molar-refractivity contribution < 1.29 is 14.3 Å². The molecule has 2 aliphatic rings. The van der Waals surface area contributed by atoms with Crippen LogP contribution >= 0.6 is 15.9 Å². The lowest BCUT2D eigenvalue weighted by Crippen LogP contribution is -2.16. The maximum absolute atomic E-state index is 12.7. The molecule has 0 saturated carbocycles. The first-order chi connectivity index (χ1) is 11.2. The molecule has 0 saturated heterocycles. The summed E-state index contributed by atoms with van der Waals surface area (Å²) in [5, 5.41) is 3.05. The molecule has 0 bridgehead atoms. The van der Waals surface area contributed by atoms with Crippen molar-refractivity contribution in [3.8, 4) is 11.5 Å². The van der Waals surface area contributed by atoms with Crippen LogP contribution in [0.15, 0.2) is 34.8 Å². The molecule has 1 heterocycles. The number of aryl methyl sites for hydroxylation is 1. The molecule has 0 spiro atoms. The minimum atomic E-state index is -0.144. The average Bonchev–Trinajstić information content (AvgIpc) is 3.01. The quantitative estimate of drug-likeness (QED) is 0.852. The number of hydrogen-bond donors (Lipinski definition) is 1. The van der Waals surface area contributed by atoms with Crippen molar-refractivity contribution in [1.82, 2.24) is 0 Å². The predicted octanol–water partition coefficient (Wildman–Crippen LogP) is 4.31. The number of rotatable bonds is 2. The topological polar surface area (TPSA) is 47.6 Å². The number of carbonyl (C=O) groups excluding carboxylic acids is 1. The van der Waals surface area contributed by atoms with Crippen LogP contribution in [0.25, 0.3) is 0 Å². The summed E-state index contributed by atoms with van der Waals surface area (Å²) in [4.78, 5) is 12.7. The fourth-order valence-electron chi connectivity index (χ4n) is 3.18. The van der Waals surface area contributed by atoms with Crippen LogP contribution < -0.4 is 14.8 Å². The third kappa shape index (κ3) is 2.70. The summed E-state index contributed by atoms with van der Waals surface area (Å²) in [6, 6.07) is 9.63. The summed E-state index contributed by atoms with van der Waals surface area (Å²) < 4.78 is 11.4. The predicted molar refractivity (Wildman–Crippen MR) is 91.3 cm³/mol. The van der Waals surface area contributed by atoms with Crippen LogP contribution in [0.4, 0.5) is 5.69 Å². The molecule has 0 fully saturated rings. The van der Waals surface area contributed by atoms with Gasteiger partial charge in [-0.15, -0.1) is 0 Å². The smallest absolute Gasteiger partial charge is 0.256 e. The number of amides is 1. The van der Waals surface area contributed by atoms with Gasteiger partial charge in [-0.3, -0.25) is 4.79 Å². The van der Waals surface area contributed by atoms with E-state index in [1.807, 2.05) is 12.1 Å². The Morgan fingerprint density at radius 2 is 1.87 bits per heavy atom. The molecule has 2 aromatic rings. The molecule has 23 heavy (non-hydrogen) atoms. The van der Waals surface area contributed by atoms with Gasteiger partial charge in [0.2, 0.25) is 6.79 Å². The van der Waals surface area contributed by atoms with Crippen molar-refractivity contribution in [3.63, 3.8) is 0 Å². The zero-order valence-corrected chi connectivity index (χ0v) is 14.1. The molecule has 4 nitrogen and oxygen atoms in total. The number of carbonyl (C=O) groups is 1. The second-order valence-corrected chi connectivity index (χ2v) is 6.64. The third-order valence-electron chi connectivity index (χ3n) is 4.35. The van der Waals surface area contributed by atoms with Crippen LogP contribution in [-0.4, -0.2) is 12.7 Å². The summed E-state index contributed by atoms with van der Waals surface area (Å²) >= 11 is 3.44. The molecule has 4 rings (SSSR count). The first-order valence-electron chi connectivity index (χ1n) is 7.73. The van der Waals surface area contributed by atoms with E-state index in [4.69, 9.17) is 9.47 Å². The molecular formula is C18H16BrNO3. The van der Waals surface area contributed by atoms with Crippen LogP contribution in [0.3, 0.4) is 0 Å². The lowest BCUT2D eigenvalue weighted by Gasteiger charge is -2.19. The Morgan fingerprint density at radius 3 is 2.74 bits per heavy atom. The average molecular weight is 374 g/mol. The van der Waals surface area contributed by atoms with Crippen molar-refractivity contribution in [2.24, 2.45) is 0 Å². The van der Waals surface area contributed by atoms with Gasteiger partial charge in [0.1, 0.15) is 0 Å². The normalized spacial score (nSPS) is 15.2. The van der Waals surface area contributed by atoms with Gasteiger partial charge in [0.05, 0.1) is 5.56 Å². The minimum absolute atomic E-state index is 0.144. The summed E-state index contributed by atoms with van der Waals surface area (Å²) in [5.41, 5.74) is 4.07. The van der Waals surface area contributed by atoms with E-state index in [9.17, 15) is 4.79 Å². The highest BCUT2D eigenvalue weighted by Gasteiger charge is 2.21. The number of halogens is 1. The lowest BCUT2D eigenvalue weighted by molar-refractivity contribution is 0.102. The fourth-order valence-corrected chi connectivity index (χ4v) is 3.68. The van der Waals surface area contributed by atoms with Gasteiger partial charge in [-0.05, 0) is 70.9 Å². The van der Waals surface area contributed by atoms with Gasteiger partial charge in [-0.1, -0.05) is 12.1 Å². The molecule has 1 N–H and O–H groups in total. The zero-order valence-electron chi connectivity index (χ0n) is 12.5. The fraction of sp³-hybridized carbons (Fsp3) is 0.278. The molecule has 5 heteroatoms. The highest BCUT2D eigenvalue weighted by molar-refractivity contribution is 9.10. The minimum Gasteiger partial charge on any atom is -0.454 e. The van der Waals surface area contributed by atoms with E-state index >= 15 is 0 Å². The van der Waals surface area contributed by atoms with Crippen molar-refractivity contribution >= 4 is 27.5 Å². The van der Waals surface area contributed by atoms with Crippen molar-refractivity contribution in [2.75, 3.05) is 12.1 Å². The van der Waals surface area contributed by atoms with Crippen LogP contribution in [-0.2, 0) is 12.8 Å². The molecule has 1 aliphatic heterocycles. The maximum Gasteiger partial charge on any atom is 0.256 e. The van der Waals surface area contributed by atoms with Crippen LogP contribution in [0.5, 0.6) is 11.5 Å². The van der Waals surface area contributed by atoms with Crippen molar-refractivity contribution in [1.29, 1.82) is 0 Å². The molecule has 0 radical (unpaired) electrons. The molecule has 0 unspecified atom stereocenters. The first kappa shape index (κ1) is 14.6. The second kappa shape index (κ2) is 5.89. The van der Waals surface area contributed by atoms with Gasteiger partial charge in [0, 0.05) is 10.2 Å². The van der Waals surface area contributed by atoms with E-state index in [0.717, 1.165) is 18.5 Å². The molecule has 1 aliphatic carbocycles. The van der Waals surface area contributed by atoms with Crippen molar-refractivity contribution in [2.45, 2.75) is 25.7 Å². The van der Waals surface area contributed by atoms with Gasteiger partial charge in [0.15, 0.2) is 11.5 Å². The number of anilines is 1. The first-order valence-corrected chi connectivity index (χ1v) is 8.53. The highest BCUT2D eigenvalue weighted by atomic mass is 79.9. The van der Waals surface area contributed by atoms with Gasteiger partial charge < -0.3 is 14.8 Å². The van der Waals surface area contributed by atoms with E-state index in [0.29, 0.717) is 21.5 Å². The van der Waals surface area contributed by atoms with Crippen LogP contribution in [0.2, 0.25) is 0 Å². The number of fused-ring (bicyclic) bond motifs is 2. The SMILES string of the molecule is O=C(Nc1cccc2c1CCCC2)c1cc2c(cc1Br)OCO2. The second-order valence-electron chi connectivity index (χ2n) is 5.79. The summed E-state index contributed by atoms with van der Waals surface area (Å²) in [6.07, 6.45) is 4.51. The lowest BCUT2D eigenvalue weighted by atomic mass is 9.90. The number of nitrogens with one attached hydrogen (secondary N) is 1. The van der Waals surface area contributed by atoms with Gasteiger partial charge in [0.25, 0.3) is 5.91 Å². The Hall–Kier alpha value is -2.01. The largest absolute Gasteiger partial charge is 0.454 e. The monoisotopic (exact) mass is 373 g/mol. The zero-order chi connectivity index (χ0) is 15.8. The van der Waals surface area contributed by atoms with Crippen LogP contribution in [0.1, 0.15) is 34.3 Å². The van der Waals surface area contributed by atoms with E-state index in [-0.39, 0.29) is 12.7 Å². The summed E-state index contributed by atoms with van der Waals surface area (Å²) in [6.45, 7) is 0.193. The number of hydrogen-bond acceptors (Lipinski definition) is 3. The number of benzene rings is 2. The van der Waals surface area contributed by atoms with Gasteiger partial charge in [-0.2, -0.15) is 0 Å². The molecule has 2 aromatic carbocycles. The summed E-state index contributed by atoms with van der Waals surface area (Å²) in [7, 11) is 0. The number of ether oxygens (including phenoxy) is 2. The Balaban J connectivity index is 1.64. The van der Waals surface area contributed by atoms with Gasteiger partial charge >= 0.3 is 0 Å². The standard InChI is InChI=1S/C18H16BrNO3/c19-14-9-17-16(22-10-23-17)8-13(14)18(21)20-15-7-3-5-11-4-1-2-6-12(11)15/h3,5,7-9H,1-2,4,6,10H2,(H,20,21). The molecule has 1 amide bonds. The van der Waals surface area contributed by atoms with E-state index in [1.54, 1.807) is 12.1 Å². The van der Waals surface area contributed by atoms with E-state index in [2.05, 4.69) is 27.3 Å². The van der Waals surface area contributed by atoms with E-state index < -0.39 is 0 Å².